The summed E-state index contributed by atoms with van der Waals surface area (Å²) in [7, 11) is 0. The molecular formula is C16H20N2O2. The maximum Gasteiger partial charge on any atom is 0.263 e. The molecule has 106 valence electrons. The average molecular weight is 272 g/mol. The van der Waals surface area contributed by atoms with Gasteiger partial charge in [-0.05, 0) is 57.4 Å². The van der Waals surface area contributed by atoms with Crippen molar-refractivity contribution in [1.29, 1.82) is 5.26 Å². The molecule has 0 bridgehead atoms. The summed E-state index contributed by atoms with van der Waals surface area (Å²) in [5, 5.41) is 8.75. The molecule has 20 heavy (non-hydrogen) atoms. The lowest BCUT2D eigenvalue weighted by Gasteiger charge is -2.35. The molecule has 1 fully saturated rings. The third-order valence-electron chi connectivity index (χ3n) is 3.73. The van der Waals surface area contributed by atoms with E-state index in [2.05, 4.69) is 13.0 Å². The summed E-state index contributed by atoms with van der Waals surface area (Å²) in [5.74, 6) is 0.663. The first-order valence-electron chi connectivity index (χ1n) is 7.09. The number of rotatable bonds is 3. The molecule has 4 nitrogen and oxygen atoms in total. The minimum absolute atomic E-state index is 0.0431. The molecule has 1 saturated heterocycles. The first-order chi connectivity index (χ1) is 9.61. The van der Waals surface area contributed by atoms with E-state index in [0.717, 1.165) is 19.4 Å². The molecule has 0 unspecified atom stereocenters. The van der Waals surface area contributed by atoms with E-state index >= 15 is 0 Å². The number of likely N-dealkylation sites (tertiary alicyclic amines) is 1. The van der Waals surface area contributed by atoms with Crippen LogP contribution in [0.4, 0.5) is 0 Å². The van der Waals surface area contributed by atoms with Gasteiger partial charge >= 0.3 is 0 Å². The lowest BCUT2D eigenvalue weighted by molar-refractivity contribution is -0.141. The lowest BCUT2D eigenvalue weighted by atomic mass is 10.0. The van der Waals surface area contributed by atoms with Gasteiger partial charge < -0.3 is 9.64 Å². The number of benzene rings is 1. The van der Waals surface area contributed by atoms with E-state index in [4.69, 9.17) is 10.00 Å². The lowest BCUT2D eigenvalue weighted by Crippen LogP contribution is -2.47. The fourth-order valence-corrected chi connectivity index (χ4v) is 2.52. The monoisotopic (exact) mass is 272 g/mol. The molecule has 1 aliphatic rings. The molecule has 2 rings (SSSR count). The summed E-state index contributed by atoms with van der Waals surface area (Å²) >= 11 is 0. The van der Waals surface area contributed by atoms with Crippen molar-refractivity contribution in [2.45, 2.75) is 45.3 Å². The van der Waals surface area contributed by atoms with E-state index in [0.29, 0.717) is 17.4 Å². The molecule has 2 atom stereocenters. The molecule has 1 amide bonds. The highest BCUT2D eigenvalue weighted by atomic mass is 16.5. The molecule has 1 aromatic rings. The highest BCUT2D eigenvalue weighted by Gasteiger charge is 2.27. The van der Waals surface area contributed by atoms with Crippen LogP contribution in [0.15, 0.2) is 24.3 Å². The van der Waals surface area contributed by atoms with Crippen LogP contribution in [0.2, 0.25) is 0 Å². The van der Waals surface area contributed by atoms with E-state index in [1.165, 1.54) is 6.42 Å². The predicted molar refractivity (Wildman–Crippen MR) is 76.3 cm³/mol. The first-order valence-corrected chi connectivity index (χ1v) is 7.09. The summed E-state index contributed by atoms with van der Waals surface area (Å²) in [6.45, 7) is 4.69. The topological polar surface area (TPSA) is 53.3 Å². The van der Waals surface area contributed by atoms with Crippen molar-refractivity contribution < 1.29 is 9.53 Å². The molecule has 0 aliphatic carbocycles. The second-order valence-corrected chi connectivity index (χ2v) is 5.27. The van der Waals surface area contributed by atoms with Crippen LogP contribution < -0.4 is 4.74 Å². The molecule has 0 saturated carbocycles. The van der Waals surface area contributed by atoms with Crippen molar-refractivity contribution in [3.8, 4) is 11.8 Å². The van der Waals surface area contributed by atoms with Crippen LogP contribution >= 0.6 is 0 Å². The molecular weight excluding hydrogens is 252 g/mol. The number of ether oxygens (including phenoxy) is 1. The smallest absolute Gasteiger partial charge is 0.263 e. The number of carbonyl (C=O) groups excluding carboxylic acids is 1. The summed E-state index contributed by atoms with van der Waals surface area (Å²) < 4.78 is 5.68. The van der Waals surface area contributed by atoms with Gasteiger partial charge in [0.1, 0.15) is 5.75 Å². The Kier molecular flexibility index (Phi) is 4.62. The number of nitriles is 1. The third kappa shape index (κ3) is 3.30. The first kappa shape index (κ1) is 14.4. The van der Waals surface area contributed by atoms with E-state index in [-0.39, 0.29) is 5.91 Å². The van der Waals surface area contributed by atoms with Crippen LogP contribution in [-0.4, -0.2) is 29.5 Å². The molecule has 1 heterocycles. The van der Waals surface area contributed by atoms with Gasteiger partial charge in [0.2, 0.25) is 0 Å². The van der Waals surface area contributed by atoms with Gasteiger partial charge in [0.15, 0.2) is 6.10 Å². The van der Waals surface area contributed by atoms with Crippen molar-refractivity contribution in [3.05, 3.63) is 29.8 Å². The molecule has 0 spiro atoms. The number of carbonyl (C=O) groups is 1. The quantitative estimate of drug-likeness (QED) is 0.850. The fraction of sp³-hybridized carbons (Fsp3) is 0.500. The second kappa shape index (κ2) is 6.42. The van der Waals surface area contributed by atoms with Crippen LogP contribution in [0.25, 0.3) is 0 Å². The minimum Gasteiger partial charge on any atom is -0.481 e. The number of piperidine rings is 1. The van der Waals surface area contributed by atoms with Gasteiger partial charge in [0.05, 0.1) is 11.6 Å². The van der Waals surface area contributed by atoms with E-state index in [1.54, 1.807) is 31.2 Å². The van der Waals surface area contributed by atoms with Crippen LogP contribution in [0, 0.1) is 11.3 Å². The molecule has 1 aliphatic heterocycles. The summed E-state index contributed by atoms with van der Waals surface area (Å²) in [6, 6.07) is 9.18. The van der Waals surface area contributed by atoms with Gasteiger partial charge in [0.25, 0.3) is 5.91 Å². The Bertz CT molecular complexity index is 504. The number of hydrogen-bond donors (Lipinski definition) is 0. The summed E-state index contributed by atoms with van der Waals surface area (Å²) in [5.41, 5.74) is 0.584. The molecule has 1 aromatic carbocycles. The van der Waals surface area contributed by atoms with Crippen molar-refractivity contribution in [2.24, 2.45) is 0 Å². The maximum absolute atomic E-state index is 12.4. The number of amides is 1. The highest BCUT2D eigenvalue weighted by Crippen LogP contribution is 2.19. The van der Waals surface area contributed by atoms with E-state index in [9.17, 15) is 4.79 Å². The van der Waals surface area contributed by atoms with Crippen LogP contribution in [-0.2, 0) is 4.79 Å². The third-order valence-corrected chi connectivity index (χ3v) is 3.73. The Hall–Kier alpha value is -2.02. The normalized spacial score (nSPS) is 20.1. The Morgan fingerprint density at radius 1 is 1.40 bits per heavy atom. The van der Waals surface area contributed by atoms with Gasteiger partial charge in [-0.2, -0.15) is 5.26 Å². The second-order valence-electron chi connectivity index (χ2n) is 5.27. The maximum atomic E-state index is 12.4. The summed E-state index contributed by atoms with van der Waals surface area (Å²) in [4.78, 5) is 14.3. The predicted octanol–water partition coefficient (Wildman–Crippen LogP) is 2.73. The zero-order valence-corrected chi connectivity index (χ0v) is 12.0. The molecule has 4 heteroatoms. The standard InChI is InChI=1S/C16H20N2O2/c1-12-5-3-4-10-18(12)16(19)13(2)20-15-8-6-14(11-17)7-9-15/h6-9,12-13H,3-5,10H2,1-2H3/t12-,13+/m1/s1. The minimum atomic E-state index is -0.497. The zero-order chi connectivity index (χ0) is 14.5. The summed E-state index contributed by atoms with van der Waals surface area (Å²) in [6.07, 6.45) is 2.83. The van der Waals surface area contributed by atoms with Gasteiger partial charge in [-0.25, -0.2) is 0 Å². The van der Waals surface area contributed by atoms with Crippen LogP contribution in [0.3, 0.4) is 0 Å². The average Bonchev–Trinajstić information content (AvgIpc) is 2.48. The Morgan fingerprint density at radius 2 is 2.10 bits per heavy atom. The van der Waals surface area contributed by atoms with E-state index < -0.39 is 6.10 Å². The van der Waals surface area contributed by atoms with Gasteiger partial charge in [-0.3, -0.25) is 4.79 Å². The Morgan fingerprint density at radius 3 is 2.70 bits per heavy atom. The van der Waals surface area contributed by atoms with Crippen LogP contribution in [0.1, 0.15) is 38.7 Å². The Balaban J connectivity index is 1.98. The largest absolute Gasteiger partial charge is 0.481 e. The van der Waals surface area contributed by atoms with Crippen molar-refractivity contribution >= 4 is 5.91 Å². The van der Waals surface area contributed by atoms with Gasteiger partial charge in [-0.1, -0.05) is 0 Å². The molecule has 0 N–H and O–H groups in total. The highest BCUT2D eigenvalue weighted by molar-refractivity contribution is 5.81. The number of nitrogens with zero attached hydrogens (tertiary/aromatic N) is 2. The number of hydrogen-bond acceptors (Lipinski definition) is 3. The molecule has 0 radical (unpaired) electrons. The Labute approximate surface area is 120 Å². The van der Waals surface area contributed by atoms with Crippen LogP contribution in [0.5, 0.6) is 5.75 Å². The van der Waals surface area contributed by atoms with Gasteiger partial charge in [0, 0.05) is 12.6 Å². The zero-order valence-electron chi connectivity index (χ0n) is 12.0. The van der Waals surface area contributed by atoms with Gasteiger partial charge in [-0.15, -0.1) is 0 Å². The SMILES string of the molecule is C[C@H](Oc1ccc(C#N)cc1)C(=O)N1CCCC[C@H]1C. The van der Waals surface area contributed by atoms with Crippen molar-refractivity contribution in [2.75, 3.05) is 6.54 Å². The van der Waals surface area contributed by atoms with Crippen molar-refractivity contribution in [3.63, 3.8) is 0 Å². The molecule has 0 aromatic heterocycles. The van der Waals surface area contributed by atoms with Crippen molar-refractivity contribution in [1.82, 2.24) is 4.90 Å². The van der Waals surface area contributed by atoms with E-state index in [1.807, 2.05) is 4.90 Å². The fourth-order valence-electron chi connectivity index (χ4n) is 2.52.